The number of carboxylic acid groups (broad SMARTS) is 1. The van der Waals surface area contributed by atoms with Gasteiger partial charge in [0, 0.05) is 17.2 Å². The summed E-state index contributed by atoms with van der Waals surface area (Å²) in [5.74, 6) is -5.47. The van der Waals surface area contributed by atoms with Gasteiger partial charge in [-0.25, -0.2) is 22.6 Å². The molecule has 0 atom stereocenters. The van der Waals surface area contributed by atoms with Crippen molar-refractivity contribution in [3.63, 3.8) is 0 Å². The van der Waals surface area contributed by atoms with Gasteiger partial charge in [-0.3, -0.25) is 4.79 Å². The lowest BCUT2D eigenvalue weighted by Gasteiger charge is -2.13. The molecule has 9 heteroatoms. The van der Waals surface area contributed by atoms with Gasteiger partial charge in [0.1, 0.15) is 11.5 Å². The van der Waals surface area contributed by atoms with Gasteiger partial charge in [0.25, 0.3) is 0 Å². The molecule has 24 heavy (non-hydrogen) atoms. The normalized spacial score (nSPS) is 11.0. The maximum atomic E-state index is 14.1. The van der Waals surface area contributed by atoms with Gasteiger partial charge in [0.15, 0.2) is 11.6 Å². The fraction of sp³-hybridized carbons (Fsp3) is 0. The molecule has 3 rings (SSSR count). The van der Waals surface area contributed by atoms with E-state index in [1.807, 2.05) is 0 Å². The first-order valence-corrected chi connectivity index (χ1v) is 6.78. The molecule has 1 N–H and O–H groups in total. The number of rotatable bonds is 2. The number of benzene rings is 2. The Hall–Kier alpha value is -2.87. The van der Waals surface area contributed by atoms with Gasteiger partial charge in [0.05, 0.1) is 10.9 Å². The van der Waals surface area contributed by atoms with Crippen molar-refractivity contribution in [2.24, 2.45) is 0 Å². The lowest BCUT2D eigenvalue weighted by molar-refractivity contribution is 0.0687. The largest absolute Gasteiger partial charge is 0.476 e. The first-order valence-electron chi connectivity index (χ1n) is 6.40. The van der Waals surface area contributed by atoms with Crippen molar-refractivity contribution in [3.8, 4) is 5.69 Å². The minimum atomic E-state index is -1.67. The zero-order chi connectivity index (χ0) is 17.6. The number of halogens is 4. The molecule has 0 aliphatic heterocycles. The third-order valence-corrected chi connectivity index (χ3v) is 3.48. The van der Waals surface area contributed by atoms with Crippen molar-refractivity contribution >= 4 is 28.5 Å². The Kier molecular flexibility index (Phi) is 3.76. The summed E-state index contributed by atoms with van der Waals surface area (Å²) >= 11 is 5.83. The Morgan fingerprint density at radius 2 is 1.75 bits per heavy atom. The van der Waals surface area contributed by atoms with Crippen LogP contribution in [0, 0.1) is 17.5 Å². The Bertz CT molecular complexity index is 1040. The van der Waals surface area contributed by atoms with Crippen LogP contribution >= 0.6 is 11.6 Å². The van der Waals surface area contributed by atoms with Gasteiger partial charge in [-0.05, 0) is 18.2 Å². The molecule has 0 saturated carbocycles. The van der Waals surface area contributed by atoms with E-state index in [1.165, 1.54) is 18.2 Å². The van der Waals surface area contributed by atoms with E-state index in [-0.39, 0.29) is 15.9 Å². The van der Waals surface area contributed by atoms with Crippen LogP contribution in [0.2, 0.25) is 5.02 Å². The molecule has 0 aliphatic rings. The average Bonchev–Trinajstić information content (AvgIpc) is 2.48. The summed E-state index contributed by atoms with van der Waals surface area (Å²) in [7, 11) is 0. The summed E-state index contributed by atoms with van der Waals surface area (Å²) < 4.78 is 41.8. The summed E-state index contributed by atoms with van der Waals surface area (Å²) in [6, 6.07) is 4.55. The standard InChI is InChI=1S/C15H6ClF3N2O3/c16-6-1-2-8-11(3-6)21(20-12(14(8)22)15(23)24)13-9(18)4-7(17)5-10(13)19/h1-5H,(H,23,24). The van der Waals surface area contributed by atoms with Gasteiger partial charge in [-0.15, -0.1) is 0 Å². The molecule has 3 aromatic rings. The first-order chi connectivity index (χ1) is 11.3. The number of nitrogens with zero attached hydrogens (tertiary/aromatic N) is 2. The van der Waals surface area contributed by atoms with Gasteiger partial charge < -0.3 is 5.11 Å². The molecule has 1 heterocycles. The molecule has 0 radical (unpaired) electrons. The molecule has 5 nitrogen and oxygen atoms in total. The molecule has 0 spiro atoms. The Balaban J connectivity index is 2.53. The Labute approximate surface area is 136 Å². The number of carbonyl (C=O) groups is 1. The number of hydrogen-bond donors (Lipinski definition) is 1. The molecule has 0 unspecified atom stereocenters. The monoisotopic (exact) mass is 354 g/mol. The molecule has 0 bridgehead atoms. The van der Waals surface area contributed by atoms with Crippen molar-refractivity contribution in [2.75, 3.05) is 0 Å². The van der Waals surface area contributed by atoms with Crippen molar-refractivity contribution < 1.29 is 23.1 Å². The van der Waals surface area contributed by atoms with Gasteiger partial charge >= 0.3 is 5.97 Å². The Morgan fingerprint density at radius 3 is 2.33 bits per heavy atom. The van der Waals surface area contributed by atoms with Crippen LogP contribution in [0.5, 0.6) is 0 Å². The topological polar surface area (TPSA) is 72.2 Å². The van der Waals surface area contributed by atoms with Crippen LogP contribution in [0.15, 0.2) is 35.1 Å². The van der Waals surface area contributed by atoms with E-state index >= 15 is 0 Å². The molecular formula is C15H6ClF3N2O3. The molecule has 1 aromatic heterocycles. The van der Waals surface area contributed by atoms with E-state index in [0.29, 0.717) is 16.8 Å². The van der Waals surface area contributed by atoms with Crippen molar-refractivity contribution in [1.82, 2.24) is 9.78 Å². The van der Waals surface area contributed by atoms with Crippen LogP contribution in [-0.2, 0) is 0 Å². The first kappa shape index (κ1) is 16.0. The van der Waals surface area contributed by atoms with Gasteiger partial charge in [0.2, 0.25) is 11.1 Å². The lowest BCUT2D eigenvalue weighted by Crippen LogP contribution is -2.23. The molecule has 0 saturated heterocycles. The van der Waals surface area contributed by atoms with Crippen LogP contribution in [0.4, 0.5) is 13.2 Å². The third kappa shape index (κ3) is 2.50. The van der Waals surface area contributed by atoms with Crippen molar-refractivity contribution in [1.29, 1.82) is 0 Å². The Morgan fingerprint density at radius 1 is 1.12 bits per heavy atom. The maximum Gasteiger partial charge on any atom is 0.360 e. The molecule has 0 fully saturated rings. The summed E-state index contributed by atoms with van der Waals surface area (Å²) in [5, 5.41) is 12.6. The van der Waals surface area contributed by atoms with Gasteiger partial charge in [-0.2, -0.15) is 5.10 Å². The SMILES string of the molecule is O=C(O)c1nn(-c2c(F)cc(F)cc2F)c2cc(Cl)ccc2c1=O. The van der Waals surface area contributed by atoms with Crippen LogP contribution in [0.25, 0.3) is 16.6 Å². The highest BCUT2D eigenvalue weighted by Crippen LogP contribution is 2.24. The van der Waals surface area contributed by atoms with E-state index in [4.69, 9.17) is 16.7 Å². The fourth-order valence-corrected chi connectivity index (χ4v) is 2.41. The smallest absolute Gasteiger partial charge is 0.360 e. The highest BCUT2D eigenvalue weighted by Gasteiger charge is 2.21. The fourth-order valence-electron chi connectivity index (χ4n) is 2.25. The number of hydrogen-bond acceptors (Lipinski definition) is 3. The highest BCUT2D eigenvalue weighted by molar-refractivity contribution is 6.31. The van der Waals surface area contributed by atoms with Crippen molar-refractivity contribution in [2.45, 2.75) is 0 Å². The zero-order valence-electron chi connectivity index (χ0n) is 11.6. The summed E-state index contributed by atoms with van der Waals surface area (Å²) in [6.45, 7) is 0. The minimum absolute atomic E-state index is 0.123. The second-order valence-corrected chi connectivity index (χ2v) is 5.21. The second-order valence-electron chi connectivity index (χ2n) is 4.77. The minimum Gasteiger partial charge on any atom is -0.476 e. The quantitative estimate of drug-likeness (QED) is 0.767. The van der Waals surface area contributed by atoms with Crippen LogP contribution in [-0.4, -0.2) is 20.9 Å². The van der Waals surface area contributed by atoms with Gasteiger partial charge in [-0.1, -0.05) is 11.6 Å². The maximum absolute atomic E-state index is 14.1. The van der Waals surface area contributed by atoms with Crippen molar-refractivity contribution in [3.05, 3.63) is 68.7 Å². The van der Waals surface area contributed by atoms with E-state index < -0.39 is 40.2 Å². The summed E-state index contributed by atoms with van der Waals surface area (Å²) in [4.78, 5) is 23.3. The molecule has 122 valence electrons. The molecule has 2 aromatic carbocycles. The lowest BCUT2D eigenvalue weighted by atomic mass is 10.2. The second kappa shape index (κ2) is 5.64. The number of fused-ring (bicyclic) bond motifs is 1. The van der Waals surface area contributed by atoms with Crippen LogP contribution in [0.1, 0.15) is 10.5 Å². The van der Waals surface area contributed by atoms with E-state index in [1.54, 1.807) is 0 Å². The highest BCUT2D eigenvalue weighted by atomic mass is 35.5. The van der Waals surface area contributed by atoms with Crippen LogP contribution in [0.3, 0.4) is 0 Å². The number of aromatic nitrogens is 2. The van der Waals surface area contributed by atoms with Crippen LogP contribution < -0.4 is 5.43 Å². The van der Waals surface area contributed by atoms with E-state index in [2.05, 4.69) is 5.10 Å². The third-order valence-electron chi connectivity index (χ3n) is 3.24. The molecule has 0 aliphatic carbocycles. The zero-order valence-corrected chi connectivity index (χ0v) is 12.3. The van der Waals surface area contributed by atoms with E-state index in [9.17, 15) is 22.8 Å². The molecular weight excluding hydrogens is 349 g/mol. The average molecular weight is 355 g/mol. The molecule has 0 amide bonds. The number of aromatic carboxylic acids is 1. The summed E-state index contributed by atoms with van der Waals surface area (Å²) in [6.07, 6.45) is 0. The predicted molar refractivity (Wildman–Crippen MR) is 79.2 cm³/mol. The number of carboxylic acids is 1. The van der Waals surface area contributed by atoms with E-state index in [0.717, 1.165) is 0 Å². The predicted octanol–water partition coefficient (Wildman–Crippen LogP) is 3.15. The summed E-state index contributed by atoms with van der Waals surface area (Å²) in [5.41, 5.74) is -2.82.